The molecule has 0 heterocycles. The van der Waals surface area contributed by atoms with Gasteiger partial charge in [-0.1, -0.05) is 11.6 Å². The van der Waals surface area contributed by atoms with Crippen molar-refractivity contribution in [2.24, 2.45) is 0 Å². The minimum atomic E-state index is -1.77. The number of halogens is 3. The van der Waals surface area contributed by atoms with E-state index in [0.29, 0.717) is 12.8 Å². The lowest BCUT2D eigenvalue weighted by Gasteiger charge is -2.32. The topological polar surface area (TPSA) is 46.2 Å². The largest absolute Gasteiger partial charge is 0.349 e. The fraction of sp³-hybridized carbons (Fsp3) is 0.467. The van der Waals surface area contributed by atoms with Crippen LogP contribution in [0, 0.1) is 5.82 Å². The highest BCUT2D eigenvalue weighted by Crippen LogP contribution is 2.32. The maximum absolute atomic E-state index is 14.1. The Morgan fingerprint density at radius 2 is 1.90 bits per heavy atom. The van der Waals surface area contributed by atoms with Crippen molar-refractivity contribution in [1.82, 2.24) is 5.32 Å². The monoisotopic (exact) mass is 315 g/mol. The van der Waals surface area contributed by atoms with Gasteiger partial charge in [0.2, 0.25) is 0 Å². The number of alkyl halides is 1. The number of amides is 1. The first-order chi connectivity index (χ1) is 9.80. The van der Waals surface area contributed by atoms with Crippen LogP contribution in [0.15, 0.2) is 18.2 Å². The number of carbonyl (C=O) groups is 2. The molecule has 1 aromatic carbocycles. The van der Waals surface area contributed by atoms with E-state index in [4.69, 9.17) is 11.6 Å². The van der Waals surface area contributed by atoms with Gasteiger partial charge in [-0.15, -0.1) is 0 Å². The fourth-order valence-corrected chi connectivity index (χ4v) is 2.75. The van der Waals surface area contributed by atoms with Crippen molar-refractivity contribution in [1.29, 1.82) is 0 Å². The smallest absolute Gasteiger partial charge is 0.251 e. The predicted octanol–water partition coefficient (Wildman–Crippen LogP) is 3.45. The van der Waals surface area contributed by atoms with Gasteiger partial charge >= 0.3 is 0 Å². The molecule has 0 atom stereocenters. The first-order valence-corrected chi connectivity index (χ1v) is 7.15. The van der Waals surface area contributed by atoms with E-state index in [2.05, 4.69) is 5.32 Å². The quantitative estimate of drug-likeness (QED) is 0.928. The van der Waals surface area contributed by atoms with Crippen LogP contribution in [-0.2, 0) is 4.79 Å². The van der Waals surface area contributed by atoms with Gasteiger partial charge in [-0.05, 0) is 50.8 Å². The molecule has 0 spiro atoms. The van der Waals surface area contributed by atoms with Gasteiger partial charge in [-0.25, -0.2) is 8.78 Å². The highest BCUT2D eigenvalue weighted by atomic mass is 35.5. The summed E-state index contributed by atoms with van der Waals surface area (Å²) in [7, 11) is 0. The van der Waals surface area contributed by atoms with Gasteiger partial charge in [0, 0.05) is 16.6 Å². The van der Waals surface area contributed by atoms with Gasteiger partial charge in [0.05, 0.1) is 0 Å². The number of rotatable bonds is 3. The average molecular weight is 316 g/mol. The summed E-state index contributed by atoms with van der Waals surface area (Å²) in [6.45, 7) is 1.24. The molecule has 0 aromatic heterocycles. The molecule has 2 rings (SSSR count). The van der Waals surface area contributed by atoms with Crippen LogP contribution in [0.1, 0.15) is 43.0 Å². The van der Waals surface area contributed by atoms with E-state index in [1.807, 2.05) is 0 Å². The van der Waals surface area contributed by atoms with Crippen molar-refractivity contribution in [3.05, 3.63) is 34.6 Å². The number of Topliss-reactive ketones (excluding diaryl/α,β-unsaturated/α-hetero) is 1. The molecule has 114 valence electrons. The predicted molar refractivity (Wildman–Crippen MR) is 75.7 cm³/mol. The second-order valence-corrected chi connectivity index (χ2v) is 5.86. The van der Waals surface area contributed by atoms with Gasteiger partial charge in [0.15, 0.2) is 11.5 Å². The molecule has 1 fully saturated rings. The Hall–Kier alpha value is -1.49. The van der Waals surface area contributed by atoms with E-state index in [1.165, 1.54) is 13.0 Å². The molecule has 0 bridgehead atoms. The first kappa shape index (κ1) is 15.9. The zero-order valence-corrected chi connectivity index (χ0v) is 12.3. The summed E-state index contributed by atoms with van der Waals surface area (Å²) >= 11 is 5.70. The number of nitrogens with one attached hydrogen (secondary N) is 1. The molecule has 1 N–H and O–H groups in total. The average Bonchev–Trinajstić information content (AvgIpc) is 2.40. The van der Waals surface area contributed by atoms with Crippen LogP contribution in [0.25, 0.3) is 0 Å². The SMILES string of the molecule is CC(=O)C1(F)CCC(NC(=O)c2cc(F)cc(Cl)c2)CC1. The number of carbonyl (C=O) groups excluding carboxylic acids is 2. The van der Waals surface area contributed by atoms with E-state index in [0.717, 1.165) is 12.1 Å². The van der Waals surface area contributed by atoms with Crippen LogP contribution in [0.3, 0.4) is 0 Å². The minimum absolute atomic E-state index is 0.0944. The van der Waals surface area contributed by atoms with Gasteiger partial charge in [-0.3, -0.25) is 9.59 Å². The Bertz CT molecular complexity index is 549. The van der Waals surface area contributed by atoms with Crippen molar-refractivity contribution < 1.29 is 18.4 Å². The standard InChI is InChI=1S/C15H16ClF2NO2/c1-9(20)15(18)4-2-13(3-5-15)19-14(21)10-6-11(16)8-12(17)7-10/h6-8,13H,2-5H2,1H3,(H,19,21). The number of ketones is 1. The van der Waals surface area contributed by atoms with Crippen molar-refractivity contribution in [2.45, 2.75) is 44.3 Å². The molecular weight excluding hydrogens is 300 g/mol. The van der Waals surface area contributed by atoms with Crippen molar-refractivity contribution in [3.63, 3.8) is 0 Å². The Balaban J connectivity index is 1.97. The Morgan fingerprint density at radius 1 is 1.29 bits per heavy atom. The summed E-state index contributed by atoms with van der Waals surface area (Å²) in [4.78, 5) is 23.2. The van der Waals surface area contributed by atoms with Crippen LogP contribution < -0.4 is 5.32 Å². The van der Waals surface area contributed by atoms with Crippen molar-refractivity contribution >= 4 is 23.3 Å². The third-order valence-electron chi connectivity index (χ3n) is 3.87. The van der Waals surface area contributed by atoms with Crippen LogP contribution >= 0.6 is 11.6 Å². The van der Waals surface area contributed by atoms with Gasteiger partial charge in [0.1, 0.15) is 5.82 Å². The maximum atomic E-state index is 14.1. The van der Waals surface area contributed by atoms with Gasteiger partial charge < -0.3 is 5.32 Å². The second-order valence-electron chi connectivity index (χ2n) is 5.43. The van der Waals surface area contributed by atoms with Crippen LogP contribution in [0.5, 0.6) is 0 Å². The fourth-order valence-electron chi connectivity index (χ4n) is 2.53. The van der Waals surface area contributed by atoms with Crippen molar-refractivity contribution in [2.75, 3.05) is 0 Å². The van der Waals surface area contributed by atoms with Crippen LogP contribution in [0.2, 0.25) is 5.02 Å². The Morgan fingerprint density at radius 3 is 2.43 bits per heavy atom. The van der Waals surface area contributed by atoms with Gasteiger partial charge in [0.25, 0.3) is 5.91 Å². The molecule has 0 unspecified atom stereocenters. The molecule has 21 heavy (non-hydrogen) atoms. The first-order valence-electron chi connectivity index (χ1n) is 6.77. The molecule has 0 radical (unpaired) electrons. The summed E-state index contributed by atoms with van der Waals surface area (Å²) in [5.41, 5.74) is -1.65. The molecule has 1 saturated carbocycles. The van der Waals surface area contributed by atoms with E-state index < -0.39 is 23.2 Å². The number of benzene rings is 1. The lowest BCUT2D eigenvalue weighted by Crippen LogP contribution is -2.44. The molecule has 1 aromatic rings. The molecule has 3 nitrogen and oxygen atoms in total. The molecule has 0 saturated heterocycles. The van der Waals surface area contributed by atoms with E-state index in [1.54, 1.807) is 0 Å². The highest BCUT2D eigenvalue weighted by Gasteiger charge is 2.39. The molecule has 1 amide bonds. The van der Waals surface area contributed by atoms with E-state index in [9.17, 15) is 18.4 Å². The number of hydrogen-bond acceptors (Lipinski definition) is 2. The lowest BCUT2D eigenvalue weighted by atomic mass is 9.81. The van der Waals surface area contributed by atoms with Crippen molar-refractivity contribution in [3.8, 4) is 0 Å². The third-order valence-corrected chi connectivity index (χ3v) is 4.09. The third kappa shape index (κ3) is 3.79. The number of hydrogen-bond donors (Lipinski definition) is 1. The summed E-state index contributed by atoms with van der Waals surface area (Å²) in [5, 5.41) is 2.87. The van der Waals surface area contributed by atoms with E-state index in [-0.39, 0.29) is 29.5 Å². The van der Waals surface area contributed by atoms with Crippen LogP contribution in [0.4, 0.5) is 8.78 Å². The second kappa shape index (κ2) is 6.10. The zero-order chi connectivity index (χ0) is 15.6. The maximum Gasteiger partial charge on any atom is 0.251 e. The molecular formula is C15H16ClF2NO2. The highest BCUT2D eigenvalue weighted by molar-refractivity contribution is 6.31. The Labute approximate surface area is 126 Å². The molecule has 0 aliphatic heterocycles. The van der Waals surface area contributed by atoms with Gasteiger partial charge in [-0.2, -0.15) is 0 Å². The normalized spacial score (nSPS) is 25.4. The summed E-state index contributed by atoms with van der Waals surface area (Å²) in [6, 6.07) is 3.36. The molecule has 1 aliphatic carbocycles. The lowest BCUT2D eigenvalue weighted by molar-refractivity contribution is -0.130. The van der Waals surface area contributed by atoms with Crippen LogP contribution in [-0.4, -0.2) is 23.4 Å². The summed E-state index contributed by atoms with van der Waals surface area (Å²) < 4.78 is 27.3. The Kier molecular flexibility index (Phi) is 4.61. The molecule has 1 aliphatic rings. The van der Waals surface area contributed by atoms with E-state index >= 15 is 0 Å². The summed E-state index contributed by atoms with van der Waals surface area (Å²) in [6.07, 6.45) is 0.949. The zero-order valence-electron chi connectivity index (χ0n) is 11.6. The molecule has 6 heteroatoms. The summed E-state index contributed by atoms with van der Waals surface area (Å²) in [5.74, 6) is -1.50. The minimum Gasteiger partial charge on any atom is -0.349 e.